The lowest BCUT2D eigenvalue weighted by Crippen LogP contribution is -2.35. The first kappa shape index (κ1) is 64.3. The van der Waals surface area contributed by atoms with Gasteiger partial charge in [0.25, 0.3) is 5.91 Å². The zero-order chi connectivity index (χ0) is 62.6. The number of carboxylic acid groups (broad SMARTS) is 1. The molecule has 0 bridgehead atoms. The number of ether oxygens (including phenoxy) is 1. The Bertz CT molecular complexity index is 3930. The first-order valence-electron chi connectivity index (χ1n) is 31.2. The molecule has 1 unspecified atom stereocenters. The van der Waals surface area contributed by atoms with Crippen LogP contribution in [0.25, 0.3) is 22.3 Å². The number of rotatable bonds is 29. The molecular weight excluding hydrogens is 1120 g/mol. The van der Waals surface area contributed by atoms with Crippen molar-refractivity contribution < 1.29 is 27.9 Å². The third-order valence-corrected chi connectivity index (χ3v) is 18.4. The Hall–Kier alpha value is -8.20. The standard InChI is InChI=1S/C74H86N6O7S/c1-9-78-68(30-16-21-53-20-12-26-59(45-53)61-36-42-67(87-8)62(48-61)37-43-70(81)82)76-66(71(78)83)29-15-18-52-32-40-64(41-33-52)74(6,7)49-56-23-14-28-65(47-56)88(85,86)75-50-57-24-13-27-60(46-57)58-25-11-19-54(44-58)22-17-31-69-77-80(72(84)79(69)10-2)51-55-34-38-63(39-35-55)73(3,4)5/h11-14,19-20,23-28,32-36,38-42,44-48,66,75H,9-10,15-18,21-22,29-31,37,43,49-51H2,1-8H3,(H,81,82). The number of carbonyl (C=O) groups is 2. The summed E-state index contributed by atoms with van der Waals surface area (Å²) in [6.45, 7) is 16.7. The van der Waals surface area contributed by atoms with E-state index in [4.69, 9.17) is 14.8 Å². The minimum atomic E-state index is -3.83. The molecule has 0 radical (unpaired) electrons. The van der Waals surface area contributed by atoms with Crippen molar-refractivity contribution in [3.63, 3.8) is 0 Å². The molecule has 9 rings (SSSR count). The number of aliphatic imine (C=N–C) groups is 1. The zero-order valence-electron chi connectivity index (χ0n) is 52.5. The molecule has 88 heavy (non-hydrogen) atoms. The summed E-state index contributed by atoms with van der Waals surface area (Å²) >= 11 is 0. The van der Waals surface area contributed by atoms with Gasteiger partial charge in [-0.2, -0.15) is 5.10 Å². The number of aryl methyl sites for hydroxylation is 5. The maximum Gasteiger partial charge on any atom is 0.346 e. The molecule has 0 saturated carbocycles. The van der Waals surface area contributed by atoms with Crippen molar-refractivity contribution in [3.8, 4) is 28.0 Å². The van der Waals surface area contributed by atoms with Crippen LogP contribution in [0, 0.1) is 0 Å². The number of likely N-dealkylation sites (N-methyl/N-ethyl adjacent to an activating group) is 1. The first-order valence-corrected chi connectivity index (χ1v) is 32.7. The topological polar surface area (TPSA) is 165 Å². The van der Waals surface area contributed by atoms with Crippen LogP contribution in [0.1, 0.15) is 143 Å². The van der Waals surface area contributed by atoms with E-state index in [9.17, 15) is 27.9 Å². The Morgan fingerprint density at radius 2 is 1.19 bits per heavy atom. The number of sulfonamides is 1. The second-order valence-corrected chi connectivity index (χ2v) is 26.8. The van der Waals surface area contributed by atoms with Gasteiger partial charge in [-0.1, -0.05) is 168 Å². The maximum atomic E-state index is 13.9. The van der Waals surface area contributed by atoms with E-state index in [1.807, 2.05) is 73.3 Å². The van der Waals surface area contributed by atoms with Gasteiger partial charge >= 0.3 is 11.7 Å². The predicted molar refractivity (Wildman–Crippen MR) is 353 cm³/mol. The van der Waals surface area contributed by atoms with Crippen molar-refractivity contribution in [3.05, 3.63) is 230 Å². The molecule has 2 N–H and O–H groups in total. The average Bonchev–Trinajstić information content (AvgIpc) is 2.80. The number of carbonyl (C=O) groups excluding carboxylic acids is 1. The molecule has 1 aliphatic rings. The van der Waals surface area contributed by atoms with E-state index in [0.29, 0.717) is 57.5 Å². The number of amidine groups is 1. The summed E-state index contributed by atoms with van der Waals surface area (Å²) in [5.74, 6) is 1.59. The van der Waals surface area contributed by atoms with Crippen LogP contribution < -0.4 is 15.1 Å². The smallest absolute Gasteiger partial charge is 0.346 e. The summed E-state index contributed by atoms with van der Waals surface area (Å²) in [7, 11) is -2.23. The number of carboxylic acids is 1. The Morgan fingerprint density at radius 1 is 0.614 bits per heavy atom. The Kier molecular flexibility index (Phi) is 21.0. The lowest BCUT2D eigenvalue weighted by atomic mass is 9.79. The minimum absolute atomic E-state index is 0.0345. The Labute approximate surface area is 520 Å². The van der Waals surface area contributed by atoms with Crippen molar-refractivity contribution >= 4 is 27.7 Å². The van der Waals surface area contributed by atoms with Gasteiger partial charge in [0, 0.05) is 38.9 Å². The molecule has 2 heterocycles. The van der Waals surface area contributed by atoms with Crippen LogP contribution in [0.4, 0.5) is 0 Å². The van der Waals surface area contributed by atoms with Crippen LogP contribution in [0.15, 0.2) is 178 Å². The molecule has 0 fully saturated rings. The summed E-state index contributed by atoms with van der Waals surface area (Å²) < 4.78 is 39.4. The molecule has 1 atom stereocenters. The highest BCUT2D eigenvalue weighted by atomic mass is 32.2. The Morgan fingerprint density at radius 3 is 1.82 bits per heavy atom. The second kappa shape index (κ2) is 28.8. The molecule has 7 aromatic carbocycles. The van der Waals surface area contributed by atoms with Gasteiger partial charge in [0.05, 0.1) is 18.6 Å². The SMILES string of the molecule is CCN1C(=O)C(CCCc2ccc(C(C)(C)Cc3cccc(S(=O)(=O)NCc4cccc(-c5cccc(CCCc6nn(Cc7ccc(C(C)(C)C)cc7)c(=O)n6CC)c5)c4)c3)cc2)N=C1CCCc1cccc(-c2ccc(OC)c(CCC(=O)O)c2)c1. The molecule has 1 amide bonds. The largest absolute Gasteiger partial charge is 0.496 e. The van der Waals surface area contributed by atoms with Crippen LogP contribution in [0.3, 0.4) is 0 Å². The monoisotopic (exact) mass is 1200 g/mol. The molecule has 14 heteroatoms. The number of aromatic nitrogens is 3. The molecule has 0 spiro atoms. The predicted octanol–water partition coefficient (Wildman–Crippen LogP) is 13.9. The fourth-order valence-electron chi connectivity index (χ4n) is 12.0. The number of benzene rings is 7. The van der Waals surface area contributed by atoms with Gasteiger partial charge in [-0.05, 0) is 185 Å². The lowest BCUT2D eigenvalue weighted by molar-refractivity contribution is -0.137. The van der Waals surface area contributed by atoms with Gasteiger partial charge in [-0.25, -0.2) is 22.6 Å². The lowest BCUT2D eigenvalue weighted by Gasteiger charge is -2.26. The van der Waals surface area contributed by atoms with E-state index in [1.165, 1.54) is 22.3 Å². The molecule has 460 valence electrons. The van der Waals surface area contributed by atoms with Gasteiger partial charge in [-0.3, -0.25) is 24.0 Å². The van der Waals surface area contributed by atoms with Gasteiger partial charge in [0.2, 0.25) is 10.0 Å². The van der Waals surface area contributed by atoms with Crippen LogP contribution >= 0.6 is 0 Å². The normalized spacial score (nSPS) is 13.7. The van der Waals surface area contributed by atoms with E-state index < -0.39 is 16.0 Å². The number of hydrogen-bond donors (Lipinski definition) is 2. The minimum Gasteiger partial charge on any atom is -0.496 e. The average molecular weight is 1200 g/mol. The second-order valence-electron chi connectivity index (χ2n) is 25.0. The molecule has 13 nitrogen and oxygen atoms in total. The molecule has 1 aliphatic heterocycles. The number of methoxy groups -OCH3 is 1. The zero-order valence-corrected chi connectivity index (χ0v) is 53.3. The Balaban J connectivity index is 0.733. The highest BCUT2D eigenvalue weighted by Gasteiger charge is 2.33. The van der Waals surface area contributed by atoms with E-state index in [-0.39, 0.29) is 46.3 Å². The highest BCUT2D eigenvalue weighted by Crippen LogP contribution is 2.32. The van der Waals surface area contributed by atoms with Crippen molar-refractivity contribution in [1.82, 2.24) is 24.0 Å². The van der Waals surface area contributed by atoms with E-state index in [2.05, 4.69) is 136 Å². The number of hydrogen-bond acceptors (Lipinski definition) is 8. The molecular formula is C74H86N6O7S. The van der Waals surface area contributed by atoms with Crippen molar-refractivity contribution in [2.75, 3.05) is 13.7 Å². The van der Waals surface area contributed by atoms with E-state index in [0.717, 1.165) is 100 Å². The van der Waals surface area contributed by atoms with Gasteiger partial charge in [-0.15, -0.1) is 0 Å². The van der Waals surface area contributed by atoms with Gasteiger partial charge in [0.1, 0.15) is 23.5 Å². The quantitative estimate of drug-likeness (QED) is 0.0468. The van der Waals surface area contributed by atoms with Crippen LogP contribution in [0.5, 0.6) is 5.75 Å². The summed E-state index contributed by atoms with van der Waals surface area (Å²) in [6, 6.07) is 54.8. The fourth-order valence-corrected chi connectivity index (χ4v) is 13.1. The number of nitrogens with zero attached hydrogens (tertiary/aromatic N) is 5. The highest BCUT2D eigenvalue weighted by molar-refractivity contribution is 7.89. The van der Waals surface area contributed by atoms with Crippen LogP contribution in [-0.2, 0) is 88.6 Å². The van der Waals surface area contributed by atoms with Crippen molar-refractivity contribution in [2.24, 2.45) is 4.99 Å². The third-order valence-electron chi connectivity index (χ3n) is 17.0. The van der Waals surface area contributed by atoms with Crippen molar-refractivity contribution in [1.29, 1.82) is 0 Å². The molecule has 8 aromatic rings. The molecule has 0 saturated heterocycles. The summed E-state index contributed by atoms with van der Waals surface area (Å²) in [6.07, 6.45) is 8.12. The van der Waals surface area contributed by atoms with Gasteiger partial charge in [0.15, 0.2) is 0 Å². The van der Waals surface area contributed by atoms with E-state index >= 15 is 0 Å². The van der Waals surface area contributed by atoms with Crippen LogP contribution in [-0.4, -0.2) is 70.2 Å². The molecule has 0 aliphatic carbocycles. The maximum absolute atomic E-state index is 13.9. The van der Waals surface area contributed by atoms with Gasteiger partial charge < -0.3 is 9.84 Å². The van der Waals surface area contributed by atoms with E-state index in [1.54, 1.807) is 28.5 Å². The first-order chi connectivity index (χ1) is 42.2. The summed E-state index contributed by atoms with van der Waals surface area (Å²) in [5, 5.41) is 14.0. The third kappa shape index (κ3) is 16.5. The summed E-state index contributed by atoms with van der Waals surface area (Å²) in [5.41, 5.74) is 13.5. The summed E-state index contributed by atoms with van der Waals surface area (Å²) in [4.78, 5) is 45.2. The fraction of sp³-hybridized carbons (Fsp3) is 0.365. The molecule has 1 aromatic heterocycles. The number of nitrogens with one attached hydrogen (secondary N) is 1. The number of aliphatic carboxylic acids is 1. The van der Waals surface area contributed by atoms with Crippen molar-refractivity contribution in [2.45, 2.75) is 167 Å². The van der Waals surface area contributed by atoms with Crippen LogP contribution in [0.2, 0.25) is 0 Å². The number of amides is 1.